The van der Waals surface area contributed by atoms with Gasteiger partial charge in [-0.15, -0.1) is 0 Å². The average Bonchev–Trinajstić information content (AvgIpc) is 2.27. The summed E-state index contributed by atoms with van der Waals surface area (Å²) < 4.78 is 0.580. The highest BCUT2D eigenvalue weighted by atomic mass is 79.9. The monoisotopic (exact) mass is 328 g/mol. The third-order valence-corrected chi connectivity index (χ3v) is 3.15. The number of benzene rings is 1. The summed E-state index contributed by atoms with van der Waals surface area (Å²) in [7, 11) is 0. The fourth-order valence-corrected chi connectivity index (χ4v) is 2.19. The zero-order chi connectivity index (χ0) is 14.6. The minimum Gasteiger partial charge on any atom is -0.478 e. The van der Waals surface area contributed by atoms with Gasteiger partial charge in [0.25, 0.3) is 0 Å². The molecule has 19 heavy (non-hydrogen) atoms. The van der Waals surface area contributed by atoms with Crippen molar-refractivity contribution >= 4 is 33.5 Å². The van der Waals surface area contributed by atoms with Crippen molar-refractivity contribution in [2.45, 2.75) is 32.2 Å². The van der Waals surface area contributed by atoms with Crippen LogP contribution in [0.2, 0.25) is 0 Å². The van der Waals surface area contributed by atoms with Gasteiger partial charge in [0, 0.05) is 10.2 Å². The predicted molar refractivity (Wildman–Crippen MR) is 77.2 cm³/mol. The topological polar surface area (TPSA) is 92.4 Å². The maximum Gasteiger partial charge on any atom is 0.335 e. The molecular formula is C13H17BrN2O3. The number of aromatic carboxylic acids is 1. The summed E-state index contributed by atoms with van der Waals surface area (Å²) in [5.74, 6) is -1.38. The molecule has 0 aliphatic heterocycles. The SMILES string of the molecule is CCCC(C)(N)C(=O)Nc1cc(Br)cc(C(=O)O)c1. The van der Waals surface area contributed by atoms with Crippen molar-refractivity contribution in [3.05, 3.63) is 28.2 Å². The lowest BCUT2D eigenvalue weighted by Crippen LogP contribution is -2.48. The summed E-state index contributed by atoms with van der Waals surface area (Å²) >= 11 is 3.21. The molecule has 1 amide bonds. The Morgan fingerprint density at radius 2 is 2.05 bits per heavy atom. The van der Waals surface area contributed by atoms with E-state index in [1.54, 1.807) is 13.0 Å². The Balaban J connectivity index is 2.94. The molecule has 1 unspecified atom stereocenters. The van der Waals surface area contributed by atoms with Crippen LogP contribution in [0.5, 0.6) is 0 Å². The molecule has 0 heterocycles. The zero-order valence-electron chi connectivity index (χ0n) is 10.9. The number of hydrogen-bond acceptors (Lipinski definition) is 3. The molecule has 1 aromatic rings. The summed E-state index contributed by atoms with van der Waals surface area (Å²) in [5.41, 5.74) is 5.45. The van der Waals surface area contributed by atoms with Gasteiger partial charge in [-0.25, -0.2) is 4.79 Å². The molecule has 0 radical (unpaired) electrons. The number of nitrogens with two attached hydrogens (primary N) is 1. The van der Waals surface area contributed by atoms with Gasteiger partial charge in [-0.2, -0.15) is 0 Å². The molecule has 5 nitrogen and oxygen atoms in total. The molecule has 0 bridgehead atoms. The highest BCUT2D eigenvalue weighted by molar-refractivity contribution is 9.10. The van der Waals surface area contributed by atoms with Crippen molar-refractivity contribution in [2.24, 2.45) is 5.73 Å². The van der Waals surface area contributed by atoms with Crippen LogP contribution in [0.4, 0.5) is 5.69 Å². The van der Waals surface area contributed by atoms with Crippen LogP contribution in [0.25, 0.3) is 0 Å². The molecule has 6 heteroatoms. The molecule has 0 aromatic heterocycles. The molecule has 104 valence electrons. The number of nitrogens with one attached hydrogen (secondary N) is 1. The Morgan fingerprint density at radius 3 is 2.58 bits per heavy atom. The standard InChI is InChI=1S/C13H17BrN2O3/c1-3-4-13(2,15)12(19)16-10-6-8(11(17)18)5-9(14)7-10/h5-7H,3-4,15H2,1-2H3,(H,16,19)(H,17,18). The number of amides is 1. The molecule has 1 atom stereocenters. The average molecular weight is 329 g/mol. The van der Waals surface area contributed by atoms with Crippen LogP contribution in [-0.2, 0) is 4.79 Å². The first-order valence-corrected chi connectivity index (χ1v) is 6.70. The van der Waals surface area contributed by atoms with E-state index >= 15 is 0 Å². The first-order chi connectivity index (χ1) is 8.76. The smallest absolute Gasteiger partial charge is 0.335 e. The highest BCUT2D eigenvalue weighted by Crippen LogP contribution is 2.21. The fourth-order valence-electron chi connectivity index (χ4n) is 1.69. The molecular weight excluding hydrogens is 312 g/mol. The number of hydrogen-bond donors (Lipinski definition) is 3. The van der Waals surface area contributed by atoms with Gasteiger partial charge in [0.1, 0.15) is 0 Å². The quantitative estimate of drug-likeness (QED) is 0.774. The normalized spacial score (nSPS) is 13.7. The van der Waals surface area contributed by atoms with Gasteiger partial charge < -0.3 is 16.2 Å². The second kappa shape index (κ2) is 6.16. The number of carboxylic acids is 1. The molecule has 0 saturated carbocycles. The summed E-state index contributed by atoms with van der Waals surface area (Å²) in [6.07, 6.45) is 1.35. The third kappa shape index (κ3) is 4.33. The summed E-state index contributed by atoms with van der Waals surface area (Å²) in [4.78, 5) is 23.0. The summed E-state index contributed by atoms with van der Waals surface area (Å²) in [6, 6.07) is 4.49. The van der Waals surface area contributed by atoms with Crippen LogP contribution in [0.1, 0.15) is 37.0 Å². The van der Waals surface area contributed by atoms with Gasteiger partial charge in [0.15, 0.2) is 0 Å². The van der Waals surface area contributed by atoms with Gasteiger partial charge in [0.2, 0.25) is 5.91 Å². The van der Waals surface area contributed by atoms with E-state index in [4.69, 9.17) is 10.8 Å². The first-order valence-electron chi connectivity index (χ1n) is 5.90. The van der Waals surface area contributed by atoms with Crippen LogP contribution in [0.15, 0.2) is 22.7 Å². The van der Waals surface area contributed by atoms with E-state index < -0.39 is 11.5 Å². The van der Waals surface area contributed by atoms with Crippen molar-refractivity contribution in [3.63, 3.8) is 0 Å². The Kier molecular flexibility index (Phi) is 5.08. The number of carboxylic acid groups (broad SMARTS) is 1. The van der Waals surface area contributed by atoms with Crippen molar-refractivity contribution in [3.8, 4) is 0 Å². The lowest BCUT2D eigenvalue weighted by Gasteiger charge is -2.23. The van der Waals surface area contributed by atoms with Crippen molar-refractivity contribution in [1.82, 2.24) is 0 Å². The molecule has 1 aromatic carbocycles. The lowest BCUT2D eigenvalue weighted by atomic mass is 9.96. The maximum atomic E-state index is 12.0. The Hall–Kier alpha value is -1.40. The van der Waals surface area contributed by atoms with Crippen molar-refractivity contribution < 1.29 is 14.7 Å². The molecule has 0 aliphatic rings. The molecule has 0 fully saturated rings. The van der Waals surface area contributed by atoms with E-state index in [9.17, 15) is 9.59 Å². The minimum atomic E-state index is -1.05. The number of halogens is 1. The van der Waals surface area contributed by atoms with E-state index in [0.717, 1.165) is 6.42 Å². The summed E-state index contributed by atoms with van der Waals surface area (Å²) in [5, 5.41) is 11.6. The van der Waals surface area contributed by atoms with E-state index in [-0.39, 0.29) is 11.5 Å². The second-order valence-electron chi connectivity index (χ2n) is 4.66. The van der Waals surface area contributed by atoms with Crippen LogP contribution in [0.3, 0.4) is 0 Å². The van der Waals surface area contributed by atoms with Crippen molar-refractivity contribution in [1.29, 1.82) is 0 Å². The third-order valence-electron chi connectivity index (χ3n) is 2.69. The number of rotatable bonds is 5. The van der Waals surface area contributed by atoms with E-state index in [2.05, 4.69) is 21.2 Å². The van der Waals surface area contributed by atoms with Gasteiger partial charge >= 0.3 is 5.97 Å². The van der Waals surface area contributed by atoms with Crippen LogP contribution < -0.4 is 11.1 Å². The summed E-state index contributed by atoms with van der Waals surface area (Å²) in [6.45, 7) is 3.60. The lowest BCUT2D eigenvalue weighted by molar-refractivity contribution is -0.120. The highest BCUT2D eigenvalue weighted by Gasteiger charge is 2.27. The number of anilines is 1. The maximum absolute atomic E-state index is 12.0. The Labute approximate surface area is 120 Å². The van der Waals surface area contributed by atoms with Crippen molar-refractivity contribution in [2.75, 3.05) is 5.32 Å². The fraction of sp³-hybridized carbons (Fsp3) is 0.385. The molecule has 0 aliphatic carbocycles. The molecule has 0 saturated heterocycles. The largest absolute Gasteiger partial charge is 0.478 e. The second-order valence-corrected chi connectivity index (χ2v) is 5.57. The zero-order valence-corrected chi connectivity index (χ0v) is 12.5. The van der Waals surface area contributed by atoms with E-state index in [1.807, 2.05) is 6.92 Å². The molecule has 0 spiro atoms. The van der Waals surface area contributed by atoms with Gasteiger partial charge in [-0.1, -0.05) is 29.3 Å². The first kappa shape index (κ1) is 15.7. The van der Waals surface area contributed by atoms with Crippen LogP contribution in [-0.4, -0.2) is 22.5 Å². The molecule has 1 rings (SSSR count). The van der Waals surface area contributed by atoms with Gasteiger partial charge in [-0.05, 0) is 31.5 Å². The van der Waals surface area contributed by atoms with Gasteiger partial charge in [-0.3, -0.25) is 4.79 Å². The van der Waals surface area contributed by atoms with Crippen LogP contribution >= 0.6 is 15.9 Å². The minimum absolute atomic E-state index is 0.0962. The Bertz CT molecular complexity index is 501. The number of carbonyl (C=O) groups is 2. The number of carbonyl (C=O) groups excluding carboxylic acids is 1. The van der Waals surface area contributed by atoms with E-state index in [1.165, 1.54) is 12.1 Å². The van der Waals surface area contributed by atoms with E-state index in [0.29, 0.717) is 16.6 Å². The van der Waals surface area contributed by atoms with Gasteiger partial charge in [0.05, 0.1) is 11.1 Å². The van der Waals surface area contributed by atoms with Crippen LogP contribution in [0, 0.1) is 0 Å². The predicted octanol–water partition coefficient (Wildman–Crippen LogP) is 2.60. The Morgan fingerprint density at radius 1 is 1.42 bits per heavy atom. The molecule has 4 N–H and O–H groups in total.